The van der Waals surface area contributed by atoms with Gasteiger partial charge in [0.25, 0.3) is 5.56 Å². The fourth-order valence-corrected chi connectivity index (χ4v) is 1.87. The molecule has 1 aromatic carbocycles. The second-order valence-electron chi connectivity index (χ2n) is 4.03. The fraction of sp³-hybridized carbons (Fsp3) is 0.143. The van der Waals surface area contributed by atoms with Crippen molar-refractivity contribution in [3.8, 4) is 17.0 Å². The van der Waals surface area contributed by atoms with Crippen LogP contribution in [0.1, 0.15) is 10.4 Å². The van der Waals surface area contributed by atoms with E-state index in [9.17, 15) is 9.59 Å². The minimum Gasteiger partial charge on any atom is -0.497 e. The van der Waals surface area contributed by atoms with Crippen molar-refractivity contribution in [3.05, 3.63) is 52.3 Å². The van der Waals surface area contributed by atoms with E-state index >= 15 is 0 Å². The highest BCUT2D eigenvalue weighted by atomic mass is 16.5. The largest absolute Gasteiger partial charge is 0.497 e. The van der Waals surface area contributed by atoms with Crippen LogP contribution in [-0.2, 0) is 7.05 Å². The molecule has 0 fully saturated rings. The first-order valence-corrected chi connectivity index (χ1v) is 5.62. The van der Waals surface area contributed by atoms with Gasteiger partial charge in [0, 0.05) is 12.6 Å². The molecule has 5 nitrogen and oxygen atoms in total. The minimum absolute atomic E-state index is 0.242. The van der Waals surface area contributed by atoms with Gasteiger partial charge in [-0.05, 0) is 24.3 Å². The quantitative estimate of drug-likeness (QED) is 0.911. The first-order chi connectivity index (χ1) is 9.04. The molecule has 0 spiro atoms. The molecule has 1 N–H and O–H groups in total. The summed E-state index contributed by atoms with van der Waals surface area (Å²) >= 11 is 0. The maximum absolute atomic E-state index is 11.9. The van der Waals surface area contributed by atoms with Gasteiger partial charge in [-0.2, -0.15) is 0 Å². The van der Waals surface area contributed by atoms with Crippen LogP contribution in [0.3, 0.4) is 0 Å². The Bertz CT molecular complexity index is 688. The zero-order valence-corrected chi connectivity index (χ0v) is 10.6. The lowest BCUT2D eigenvalue weighted by Crippen LogP contribution is -2.25. The van der Waals surface area contributed by atoms with Gasteiger partial charge >= 0.3 is 5.97 Å². The van der Waals surface area contributed by atoms with Crippen molar-refractivity contribution >= 4 is 5.97 Å². The highest BCUT2D eigenvalue weighted by Crippen LogP contribution is 2.22. The number of carboxylic acids is 1. The van der Waals surface area contributed by atoms with E-state index in [1.807, 2.05) is 12.1 Å². The zero-order chi connectivity index (χ0) is 14.0. The standard InChI is InChI=1S/C14H13NO4/c1-15-12(7-6-11(13(15)16)14(17)18)9-4-3-5-10(8-9)19-2/h3-8H,1-2H3,(H,17,18). The Balaban J connectivity index is 2.61. The summed E-state index contributed by atoms with van der Waals surface area (Å²) in [5.41, 5.74) is 0.645. The van der Waals surface area contributed by atoms with E-state index < -0.39 is 11.5 Å². The number of methoxy groups -OCH3 is 1. The molecular formula is C14H13NO4. The average Bonchev–Trinajstić information content (AvgIpc) is 2.41. The second kappa shape index (κ2) is 4.97. The van der Waals surface area contributed by atoms with Gasteiger partial charge in [0.15, 0.2) is 0 Å². The number of hydrogen-bond acceptors (Lipinski definition) is 3. The molecule has 1 aromatic heterocycles. The molecule has 0 saturated heterocycles. The van der Waals surface area contributed by atoms with Crippen LogP contribution in [0.5, 0.6) is 5.75 Å². The van der Waals surface area contributed by atoms with Crippen molar-refractivity contribution < 1.29 is 14.6 Å². The number of pyridine rings is 1. The summed E-state index contributed by atoms with van der Waals surface area (Å²) < 4.78 is 6.44. The number of benzene rings is 1. The molecule has 98 valence electrons. The number of carbonyl (C=O) groups is 1. The van der Waals surface area contributed by atoms with Crippen LogP contribution >= 0.6 is 0 Å². The SMILES string of the molecule is COc1cccc(-c2ccc(C(=O)O)c(=O)n2C)c1. The maximum Gasteiger partial charge on any atom is 0.341 e. The normalized spacial score (nSPS) is 10.2. The number of hydrogen-bond donors (Lipinski definition) is 1. The van der Waals surface area contributed by atoms with E-state index in [0.717, 1.165) is 5.56 Å². The molecule has 2 rings (SSSR count). The lowest BCUT2D eigenvalue weighted by molar-refractivity contribution is 0.0694. The third kappa shape index (κ3) is 2.35. The third-order valence-electron chi connectivity index (χ3n) is 2.90. The molecular weight excluding hydrogens is 246 g/mol. The van der Waals surface area contributed by atoms with E-state index in [2.05, 4.69) is 0 Å². The van der Waals surface area contributed by atoms with Crippen LogP contribution in [-0.4, -0.2) is 22.8 Å². The molecule has 1 heterocycles. The van der Waals surface area contributed by atoms with E-state index in [1.54, 1.807) is 32.4 Å². The van der Waals surface area contributed by atoms with Crippen molar-refractivity contribution in [1.29, 1.82) is 0 Å². The van der Waals surface area contributed by atoms with Crippen LogP contribution in [0.15, 0.2) is 41.2 Å². The van der Waals surface area contributed by atoms with Gasteiger partial charge in [-0.25, -0.2) is 4.79 Å². The van der Waals surface area contributed by atoms with Gasteiger partial charge in [-0.3, -0.25) is 4.79 Å². The third-order valence-corrected chi connectivity index (χ3v) is 2.90. The van der Waals surface area contributed by atoms with Gasteiger partial charge < -0.3 is 14.4 Å². The van der Waals surface area contributed by atoms with E-state index in [0.29, 0.717) is 11.4 Å². The fourth-order valence-electron chi connectivity index (χ4n) is 1.87. The molecule has 0 saturated carbocycles. The Morgan fingerprint density at radius 1 is 1.26 bits per heavy atom. The number of ether oxygens (including phenoxy) is 1. The zero-order valence-electron chi connectivity index (χ0n) is 10.6. The second-order valence-corrected chi connectivity index (χ2v) is 4.03. The summed E-state index contributed by atoms with van der Waals surface area (Å²) in [6.45, 7) is 0. The Hall–Kier alpha value is -2.56. The highest BCUT2D eigenvalue weighted by molar-refractivity contribution is 5.87. The highest BCUT2D eigenvalue weighted by Gasteiger charge is 2.12. The number of carboxylic acid groups (broad SMARTS) is 1. The molecule has 5 heteroatoms. The molecule has 0 radical (unpaired) electrons. The maximum atomic E-state index is 11.9. The molecule has 0 unspecified atom stereocenters. The number of rotatable bonds is 3. The molecule has 19 heavy (non-hydrogen) atoms. The molecule has 0 bridgehead atoms. The summed E-state index contributed by atoms with van der Waals surface area (Å²) in [7, 11) is 3.11. The van der Waals surface area contributed by atoms with Crippen LogP contribution in [0.4, 0.5) is 0 Å². The number of aromatic carboxylic acids is 1. The van der Waals surface area contributed by atoms with Crippen LogP contribution in [0.2, 0.25) is 0 Å². The van der Waals surface area contributed by atoms with Crippen LogP contribution in [0.25, 0.3) is 11.3 Å². The lowest BCUT2D eigenvalue weighted by Gasteiger charge is -2.10. The van der Waals surface area contributed by atoms with Crippen molar-refractivity contribution in [2.24, 2.45) is 7.05 Å². The first kappa shape index (κ1) is 12.9. The van der Waals surface area contributed by atoms with E-state index in [-0.39, 0.29) is 5.56 Å². The summed E-state index contributed by atoms with van der Waals surface area (Å²) in [5.74, 6) is -0.551. The molecule has 0 atom stereocenters. The molecule has 0 aliphatic rings. The van der Waals surface area contributed by atoms with Gasteiger partial charge in [-0.15, -0.1) is 0 Å². The molecule has 0 aliphatic heterocycles. The minimum atomic E-state index is -1.22. The predicted molar refractivity (Wildman–Crippen MR) is 70.6 cm³/mol. The lowest BCUT2D eigenvalue weighted by atomic mass is 10.1. The van der Waals surface area contributed by atoms with Gasteiger partial charge in [0.2, 0.25) is 0 Å². The van der Waals surface area contributed by atoms with Crippen molar-refractivity contribution in [3.63, 3.8) is 0 Å². The topological polar surface area (TPSA) is 68.5 Å². The monoisotopic (exact) mass is 259 g/mol. The van der Waals surface area contributed by atoms with Crippen LogP contribution in [0, 0.1) is 0 Å². The summed E-state index contributed by atoms with van der Waals surface area (Å²) in [6.07, 6.45) is 0. The number of aromatic nitrogens is 1. The molecule has 2 aromatic rings. The Kier molecular flexibility index (Phi) is 3.37. The van der Waals surface area contributed by atoms with Crippen molar-refractivity contribution in [1.82, 2.24) is 4.57 Å². The molecule has 0 aliphatic carbocycles. The number of nitrogens with zero attached hydrogens (tertiary/aromatic N) is 1. The van der Waals surface area contributed by atoms with E-state index in [1.165, 1.54) is 10.6 Å². The Morgan fingerprint density at radius 2 is 2.00 bits per heavy atom. The van der Waals surface area contributed by atoms with Crippen molar-refractivity contribution in [2.45, 2.75) is 0 Å². The first-order valence-electron chi connectivity index (χ1n) is 5.62. The Morgan fingerprint density at radius 3 is 2.63 bits per heavy atom. The van der Waals surface area contributed by atoms with Gasteiger partial charge in [0.1, 0.15) is 11.3 Å². The predicted octanol–water partition coefficient (Wildman–Crippen LogP) is 1.76. The van der Waals surface area contributed by atoms with Crippen molar-refractivity contribution in [2.75, 3.05) is 7.11 Å². The van der Waals surface area contributed by atoms with Gasteiger partial charge in [0.05, 0.1) is 12.8 Å². The average molecular weight is 259 g/mol. The summed E-state index contributed by atoms with van der Waals surface area (Å²) in [5, 5.41) is 8.90. The van der Waals surface area contributed by atoms with Crippen LogP contribution < -0.4 is 10.3 Å². The summed E-state index contributed by atoms with van der Waals surface area (Å²) in [6, 6.07) is 10.2. The smallest absolute Gasteiger partial charge is 0.341 e. The van der Waals surface area contributed by atoms with E-state index in [4.69, 9.17) is 9.84 Å². The summed E-state index contributed by atoms with van der Waals surface area (Å²) in [4.78, 5) is 22.8. The molecule has 0 amide bonds. The Labute approximate surface area is 109 Å². The van der Waals surface area contributed by atoms with Gasteiger partial charge in [-0.1, -0.05) is 12.1 Å².